The number of amides is 3. The van der Waals surface area contributed by atoms with E-state index in [-0.39, 0.29) is 24.3 Å². The van der Waals surface area contributed by atoms with Crippen LogP contribution in [0.2, 0.25) is 0 Å². The lowest BCUT2D eigenvalue weighted by atomic mass is 9.66. The Bertz CT molecular complexity index is 1190. The molecule has 3 heterocycles. The van der Waals surface area contributed by atoms with Crippen LogP contribution in [0.4, 0.5) is 5.69 Å². The summed E-state index contributed by atoms with van der Waals surface area (Å²) in [5.74, 6) is -1.73. The number of carbonyl (C=O) groups excluding carboxylic acids is 3. The third-order valence-corrected chi connectivity index (χ3v) is 10.8. The van der Waals surface area contributed by atoms with E-state index < -0.39 is 33.4 Å². The maximum atomic E-state index is 14.4. The second-order valence-electron chi connectivity index (χ2n) is 11.4. The molecule has 39 heavy (non-hydrogen) atoms. The number of hydrogen-bond acceptors (Lipinski definition) is 5. The third-order valence-electron chi connectivity index (χ3n) is 8.78. The van der Waals surface area contributed by atoms with Crippen LogP contribution in [0, 0.1) is 11.8 Å². The van der Waals surface area contributed by atoms with Crippen LogP contribution in [0.15, 0.2) is 60.7 Å². The number of carbonyl (C=O) groups is 3. The van der Waals surface area contributed by atoms with E-state index in [9.17, 15) is 19.5 Å². The summed E-state index contributed by atoms with van der Waals surface area (Å²) in [6.07, 6.45) is 4.82. The summed E-state index contributed by atoms with van der Waals surface area (Å²) in [6.45, 7) is 4.48. The molecule has 5 rings (SSSR count). The molecule has 0 saturated carbocycles. The van der Waals surface area contributed by atoms with E-state index in [0.29, 0.717) is 25.1 Å². The number of benzene rings is 2. The average molecular weight is 550 g/mol. The molecule has 0 aliphatic carbocycles. The number of nitrogens with zero attached hydrogens (tertiary/aromatic N) is 1. The normalized spacial score (nSPS) is 29.8. The molecule has 2 aromatic carbocycles. The topological polar surface area (TPSA) is 98.7 Å². The van der Waals surface area contributed by atoms with Crippen molar-refractivity contribution in [2.45, 2.75) is 74.0 Å². The van der Waals surface area contributed by atoms with Crippen molar-refractivity contribution in [3.8, 4) is 0 Å². The Morgan fingerprint density at radius 2 is 1.74 bits per heavy atom. The molecule has 208 valence electrons. The van der Waals surface area contributed by atoms with Gasteiger partial charge in [-0.2, -0.15) is 0 Å². The summed E-state index contributed by atoms with van der Waals surface area (Å²) in [5.41, 5.74) is 1.68. The van der Waals surface area contributed by atoms with E-state index in [1.54, 1.807) is 16.7 Å². The molecule has 0 radical (unpaired) electrons. The number of thioether (sulfide) groups is 1. The van der Waals surface area contributed by atoms with Crippen molar-refractivity contribution in [2.24, 2.45) is 11.8 Å². The Kier molecular flexibility index (Phi) is 8.06. The van der Waals surface area contributed by atoms with Crippen molar-refractivity contribution in [3.63, 3.8) is 0 Å². The zero-order valence-corrected chi connectivity index (χ0v) is 23.6. The van der Waals surface area contributed by atoms with Gasteiger partial charge in [-0.15, -0.1) is 11.8 Å². The van der Waals surface area contributed by atoms with Crippen molar-refractivity contribution in [3.05, 3.63) is 66.2 Å². The lowest BCUT2D eigenvalue weighted by molar-refractivity contribution is -0.142. The number of unbranched alkanes of at least 4 members (excludes halogenated alkanes) is 2. The molecule has 8 heteroatoms. The molecule has 3 amide bonds. The van der Waals surface area contributed by atoms with Crippen molar-refractivity contribution in [1.29, 1.82) is 0 Å². The number of aliphatic hydroxyl groups excluding tert-OH is 1. The fourth-order valence-corrected chi connectivity index (χ4v) is 9.36. The quantitative estimate of drug-likeness (QED) is 0.368. The number of nitrogens with one attached hydrogen (secondary N) is 2. The summed E-state index contributed by atoms with van der Waals surface area (Å²) in [4.78, 5) is 43.8. The largest absolute Gasteiger partial charge is 0.394 e. The first kappa shape index (κ1) is 27.7. The van der Waals surface area contributed by atoms with Crippen LogP contribution >= 0.6 is 11.8 Å². The molecule has 2 bridgehead atoms. The Labute approximate surface area is 235 Å². The van der Waals surface area contributed by atoms with Gasteiger partial charge in [0, 0.05) is 17.0 Å². The van der Waals surface area contributed by atoms with E-state index in [1.165, 1.54) is 0 Å². The highest BCUT2D eigenvalue weighted by molar-refractivity contribution is 8.02. The average Bonchev–Trinajstić information content (AvgIpc) is 3.51. The number of rotatable bonds is 11. The van der Waals surface area contributed by atoms with Crippen LogP contribution in [0.1, 0.15) is 51.5 Å². The maximum Gasteiger partial charge on any atom is 0.244 e. The van der Waals surface area contributed by atoms with Gasteiger partial charge in [-0.05, 0) is 50.3 Å². The smallest absolute Gasteiger partial charge is 0.244 e. The summed E-state index contributed by atoms with van der Waals surface area (Å²) in [7, 11) is 0. The van der Waals surface area contributed by atoms with Gasteiger partial charge in [0.15, 0.2) is 0 Å². The van der Waals surface area contributed by atoms with Gasteiger partial charge in [-0.25, -0.2) is 0 Å². The zero-order chi connectivity index (χ0) is 27.6. The minimum Gasteiger partial charge on any atom is -0.394 e. The fraction of sp³-hybridized carbons (Fsp3) is 0.516. The van der Waals surface area contributed by atoms with Crippen LogP contribution in [0.3, 0.4) is 0 Å². The first-order chi connectivity index (χ1) is 18.8. The second-order valence-corrected chi connectivity index (χ2v) is 13.2. The molecule has 2 aromatic rings. The molecule has 3 saturated heterocycles. The minimum atomic E-state index is -0.737. The molecular weight excluding hydrogens is 510 g/mol. The molecule has 3 aliphatic rings. The highest BCUT2D eigenvalue weighted by Gasteiger charge is 2.77. The first-order valence-electron chi connectivity index (χ1n) is 14.2. The van der Waals surface area contributed by atoms with Crippen molar-refractivity contribution < 1.29 is 19.5 Å². The molecule has 6 atom stereocenters. The van der Waals surface area contributed by atoms with Gasteiger partial charge in [0.05, 0.1) is 29.2 Å². The lowest BCUT2D eigenvalue weighted by Gasteiger charge is -2.37. The summed E-state index contributed by atoms with van der Waals surface area (Å²) < 4.78 is -1.15. The predicted molar refractivity (Wildman–Crippen MR) is 154 cm³/mol. The Balaban J connectivity index is 1.50. The number of aliphatic hydroxyl groups is 1. The van der Waals surface area contributed by atoms with Crippen molar-refractivity contribution >= 4 is 35.2 Å². The van der Waals surface area contributed by atoms with Gasteiger partial charge in [-0.1, -0.05) is 68.3 Å². The summed E-state index contributed by atoms with van der Waals surface area (Å²) in [5, 5.41) is 16.7. The lowest BCUT2D eigenvalue weighted by Crippen LogP contribution is -2.57. The summed E-state index contributed by atoms with van der Waals surface area (Å²) in [6, 6.07) is 17.8. The molecule has 0 aromatic heterocycles. The zero-order valence-electron chi connectivity index (χ0n) is 22.8. The SMILES string of the molecule is CCCCCNC(=O)C1N([C@@H](CO)Cc2ccccc2)C(=O)[C@@H]2[C@H](C(=O)Nc3ccccc3)[C@]3(C)CCC12S3. The van der Waals surface area contributed by atoms with Crippen LogP contribution in [-0.4, -0.2) is 62.5 Å². The highest BCUT2D eigenvalue weighted by atomic mass is 32.2. The molecule has 3 aliphatic heterocycles. The van der Waals surface area contributed by atoms with Crippen LogP contribution in [0.5, 0.6) is 0 Å². The maximum absolute atomic E-state index is 14.4. The Morgan fingerprint density at radius 1 is 1.05 bits per heavy atom. The molecular formula is C31H39N3O4S. The molecule has 7 nitrogen and oxygen atoms in total. The van der Waals surface area contributed by atoms with Gasteiger partial charge >= 0.3 is 0 Å². The van der Waals surface area contributed by atoms with Gasteiger partial charge in [0.1, 0.15) is 6.04 Å². The molecule has 2 unspecified atom stereocenters. The highest BCUT2D eigenvalue weighted by Crippen LogP contribution is 2.71. The van der Waals surface area contributed by atoms with Crippen molar-refractivity contribution in [1.82, 2.24) is 10.2 Å². The van der Waals surface area contributed by atoms with E-state index in [4.69, 9.17) is 0 Å². The van der Waals surface area contributed by atoms with Gasteiger partial charge < -0.3 is 20.6 Å². The number of likely N-dealkylation sites (tertiary alicyclic amines) is 1. The Morgan fingerprint density at radius 3 is 2.41 bits per heavy atom. The van der Waals surface area contributed by atoms with Crippen LogP contribution in [-0.2, 0) is 20.8 Å². The number of anilines is 1. The number of hydrogen-bond donors (Lipinski definition) is 3. The van der Waals surface area contributed by atoms with Crippen LogP contribution in [0.25, 0.3) is 0 Å². The van der Waals surface area contributed by atoms with Gasteiger partial charge in [0.25, 0.3) is 0 Å². The summed E-state index contributed by atoms with van der Waals surface area (Å²) >= 11 is 1.65. The third kappa shape index (κ3) is 4.97. The first-order valence-corrected chi connectivity index (χ1v) is 15.0. The fourth-order valence-electron chi connectivity index (χ4n) is 7.02. The second kappa shape index (κ2) is 11.3. The molecule has 1 spiro atoms. The van der Waals surface area contributed by atoms with E-state index in [2.05, 4.69) is 24.5 Å². The van der Waals surface area contributed by atoms with E-state index in [1.807, 2.05) is 60.7 Å². The van der Waals surface area contributed by atoms with E-state index in [0.717, 1.165) is 31.2 Å². The number of fused-ring (bicyclic) bond motifs is 1. The standard InChI is InChI=1S/C31H39N3O4S/c1-3-4-11-18-32-28(37)26-31-17-16-30(2,39-31)24(27(36)33-22-14-9-6-10-15-22)25(31)29(38)34(26)23(20-35)19-21-12-7-5-8-13-21/h5-10,12-15,23-26,35H,3-4,11,16-20H2,1-2H3,(H,32,37)(H,33,36)/t23-,24-,25+,26?,30+,31?/m1/s1. The Hall–Kier alpha value is -2.84. The number of para-hydroxylation sites is 1. The molecule has 3 N–H and O–H groups in total. The minimum absolute atomic E-state index is 0.172. The van der Waals surface area contributed by atoms with Crippen molar-refractivity contribution in [2.75, 3.05) is 18.5 Å². The monoisotopic (exact) mass is 549 g/mol. The van der Waals surface area contributed by atoms with Gasteiger partial charge in [0.2, 0.25) is 17.7 Å². The molecule has 3 fully saturated rings. The predicted octanol–water partition coefficient (Wildman–Crippen LogP) is 4.02. The van der Waals surface area contributed by atoms with Crippen LogP contribution < -0.4 is 10.6 Å². The van der Waals surface area contributed by atoms with Gasteiger partial charge in [-0.3, -0.25) is 14.4 Å². The van der Waals surface area contributed by atoms with E-state index >= 15 is 0 Å².